The van der Waals surface area contributed by atoms with Crippen molar-refractivity contribution in [3.63, 3.8) is 0 Å². The number of carboxylic acid groups (broad SMARTS) is 1. The summed E-state index contributed by atoms with van der Waals surface area (Å²) in [6.07, 6.45) is 0. The van der Waals surface area contributed by atoms with Crippen LogP contribution in [0.5, 0.6) is 0 Å². The lowest BCUT2D eigenvalue weighted by atomic mass is 9.75. The third-order valence-electron chi connectivity index (χ3n) is 3.40. The third kappa shape index (κ3) is 3.44. The van der Waals surface area contributed by atoms with Crippen molar-refractivity contribution in [2.24, 2.45) is 5.41 Å². The van der Waals surface area contributed by atoms with E-state index in [0.717, 1.165) is 0 Å². The molecule has 0 unspecified atom stereocenters. The van der Waals surface area contributed by atoms with Gasteiger partial charge in [0.15, 0.2) is 0 Å². The third-order valence-corrected chi connectivity index (χ3v) is 7.81. The molecule has 0 fully saturated rings. The fraction of sp³-hybridized carbons (Fsp3) is 0.545. The number of carbonyl (C=O) groups is 1. The van der Waals surface area contributed by atoms with Gasteiger partial charge in [-0.25, -0.2) is 13.1 Å². The minimum atomic E-state index is -3.82. The van der Waals surface area contributed by atoms with Crippen molar-refractivity contribution in [3.8, 4) is 0 Å². The van der Waals surface area contributed by atoms with Gasteiger partial charge in [-0.2, -0.15) is 0 Å². The Labute approximate surface area is 139 Å². The molecule has 2 N–H and O–H groups in total. The number of aliphatic carboxylic acids is 1. The highest BCUT2D eigenvalue weighted by molar-refractivity contribution is 9.12. The molecule has 0 aliphatic rings. The maximum Gasteiger partial charge on any atom is 0.310 e. The van der Waals surface area contributed by atoms with E-state index in [4.69, 9.17) is 0 Å². The van der Waals surface area contributed by atoms with E-state index in [0.29, 0.717) is 7.57 Å². The van der Waals surface area contributed by atoms with Crippen molar-refractivity contribution < 1.29 is 18.3 Å². The second-order valence-electron chi connectivity index (χ2n) is 5.35. The molecule has 0 aliphatic carbocycles. The number of carboxylic acids is 1. The lowest BCUT2D eigenvalue weighted by Gasteiger charge is -2.38. The molecule has 1 aromatic heterocycles. The second-order valence-corrected chi connectivity index (χ2v) is 10.7. The van der Waals surface area contributed by atoms with Crippen LogP contribution < -0.4 is 4.72 Å². The fourth-order valence-corrected chi connectivity index (χ4v) is 6.65. The fourth-order valence-electron chi connectivity index (χ4n) is 1.29. The summed E-state index contributed by atoms with van der Waals surface area (Å²) in [5.74, 6) is -1.07. The maximum absolute atomic E-state index is 12.4. The van der Waals surface area contributed by atoms with Crippen molar-refractivity contribution in [3.05, 3.63) is 13.6 Å². The minimum absolute atomic E-state index is 0.0867. The lowest BCUT2D eigenvalue weighted by Crippen LogP contribution is -2.56. The van der Waals surface area contributed by atoms with Crippen LogP contribution in [0, 0.1) is 5.41 Å². The van der Waals surface area contributed by atoms with Gasteiger partial charge in [-0.1, -0.05) is 0 Å². The maximum atomic E-state index is 12.4. The Morgan fingerprint density at radius 1 is 1.30 bits per heavy atom. The van der Waals surface area contributed by atoms with Gasteiger partial charge in [0.2, 0.25) is 10.0 Å². The zero-order valence-electron chi connectivity index (χ0n) is 11.3. The molecular formula is C11H15Br2NO4S2. The molecule has 1 rings (SSSR count). The van der Waals surface area contributed by atoms with Gasteiger partial charge in [0.1, 0.15) is 4.90 Å². The van der Waals surface area contributed by atoms with E-state index in [2.05, 4.69) is 36.6 Å². The Balaban J connectivity index is 3.21. The van der Waals surface area contributed by atoms with Crippen LogP contribution >= 0.6 is 43.2 Å². The monoisotopic (exact) mass is 447 g/mol. The van der Waals surface area contributed by atoms with E-state index in [1.165, 1.54) is 31.3 Å². The van der Waals surface area contributed by atoms with E-state index in [1.807, 2.05) is 0 Å². The summed E-state index contributed by atoms with van der Waals surface area (Å²) >= 11 is 7.65. The van der Waals surface area contributed by atoms with Gasteiger partial charge in [-0.15, -0.1) is 11.3 Å². The first kappa shape index (κ1) is 18.1. The molecule has 1 aromatic rings. The van der Waals surface area contributed by atoms with Gasteiger partial charge in [-0.3, -0.25) is 4.79 Å². The van der Waals surface area contributed by atoms with E-state index in [9.17, 15) is 18.3 Å². The number of sulfonamides is 1. The van der Waals surface area contributed by atoms with Gasteiger partial charge in [0.05, 0.1) is 13.0 Å². The Bertz CT molecular complexity index is 635. The average Bonchev–Trinajstić information content (AvgIpc) is 2.56. The molecule has 9 heteroatoms. The van der Waals surface area contributed by atoms with E-state index < -0.39 is 26.9 Å². The molecule has 0 aliphatic heterocycles. The molecule has 0 radical (unpaired) electrons. The van der Waals surface area contributed by atoms with E-state index in [1.54, 1.807) is 13.8 Å². The van der Waals surface area contributed by atoms with Gasteiger partial charge in [0.25, 0.3) is 0 Å². The smallest absolute Gasteiger partial charge is 0.310 e. The molecule has 0 bridgehead atoms. The summed E-state index contributed by atoms with van der Waals surface area (Å²) in [5.41, 5.74) is -2.43. The van der Waals surface area contributed by atoms with E-state index >= 15 is 0 Å². The largest absolute Gasteiger partial charge is 0.481 e. The Morgan fingerprint density at radius 2 is 1.80 bits per heavy atom. The second kappa shape index (κ2) is 5.68. The number of halogens is 2. The molecule has 0 saturated heterocycles. The Hall–Kier alpha value is 0.0400. The predicted octanol–water partition coefficient (Wildman–Crippen LogP) is 3.44. The summed E-state index contributed by atoms with van der Waals surface area (Å²) in [4.78, 5) is 11.4. The van der Waals surface area contributed by atoms with Crippen LogP contribution in [0.4, 0.5) is 0 Å². The van der Waals surface area contributed by atoms with Crippen molar-refractivity contribution >= 4 is 59.2 Å². The molecular weight excluding hydrogens is 434 g/mol. The highest BCUT2D eigenvalue weighted by atomic mass is 79.9. The zero-order chi connectivity index (χ0) is 15.9. The summed E-state index contributed by atoms with van der Waals surface area (Å²) < 4.78 is 28.4. The molecule has 0 aromatic carbocycles. The van der Waals surface area contributed by atoms with Crippen molar-refractivity contribution in [1.29, 1.82) is 0 Å². The van der Waals surface area contributed by atoms with E-state index in [-0.39, 0.29) is 4.90 Å². The normalized spacial score (nSPS) is 13.5. The van der Waals surface area contributed by atoms with Crippen molar-refractivity contribution in [2.45, 2.75) is 38.1 Å². The van der Waals surface area contributed by atoms with Gasteiger partial charge < -0.3 is 5.11 Å². The topological polar surface area (TPSA) is 83.5 Å². The van der Waals surface area contributed by atoms with Crippen LogP contribution in [0.15, 0.2) is 18.5 Å². The number of nitrogens with one attached hydrogen (secondary N) is 1. The first-order valence-corrected chi connectivity index (χ1v) is 9.42. The van der Waals surface area contributed by atoms with Gasteiger partial charge in [0, 0.05) is 5.54 Å². The van der Waals surface area contributed by atoms with Crippen LogP contribution in [0.25, 0.3) is 0 Å². The summed E-state index contributed by atoms with van der Waals surface area (Å²) in [6.45, 7) is 6.06. The van der Waals surface area contributed by atoms with Gasteiger partial charge >= 0.3 is 5.97 Å². The van der Waals surface area contributed by atoms with Crippen LogP contribution in [-0.2, 0) is 14.8 Å². The summed E-state index contributed by atoms with van der Waals surface area (Å²) in [5, 5.41) is 9.25. The molecule has 5 nitrogen and oxygen atoms in total. The standard InChI is InChI=1S/C11H15Br2NO4S2/c1-10(2,9(15)16)11(3,4)14-20(17,18)6-5-7(12)19-8(6)13/h5,14H,1-4H3,(H,15,16). The first-order valence-electron chi connectivity index (χ1n) is 5.53. The number of hydrogen-bond donors (Lipinski definition) is 2. The summed E-state index contributed by atoms with van der Waals surface area (Å²) in [6, 6.07) is 1.47. The molecule has 0 saturated carbocycles. The highest BCUT2D eigenvalue weighted by Crippen LogP contribution is 2.37. The average molecular weight is 449 g/mol. The number of hydrogen-bond acceptors (Lipinski definition) is 4. The highest BCUT2D eigenvalue weighted by Gasteiger charge is 2.46. The van der Waals surface area contributed by atoms with Crippen molar-refractivity contribution in [2.75, 3.05) is 0 Å². The first-order chi connectivity index (χ1) is 8.81. The summed E-state index contributed by atoms with van der Waals surface area (Å²) in [7, 11) is -3.82. The number of thiophene rings is 1. The van der Waals surface area contributed by atoms with Crippen LogP contribution in [0.3, 0.4) is 0 Å². The Kier molecular flexibility index (Phi) is 5.13. The van der Waals surface area contributed by atoms with Crippen LogP contribution in [-0.4, -0.2) is 25.0 Å². The minimum Gasteiger partial charge on any atom is -0.481 e. The molecule has 0 spiro atoms. The zero-order valence-corrected chi connectivity index (χ0v) is 16.1. The molecule has 20 heavy (non-hydrogen) atoms. The molecule has 0 amide bonds. The molecule has 1 heterocycles. The molecule has 0 atom stereocenters. The van der Waals surface area contributed by atoms with Crippen LogP contribution in [0.2, 0.25) is 0 Å². The van der Waals surface area contributed by atoms with Crippen molar-refractivity contribution in [1.82, 2.24) is 4.72 Å². The SMILES string of the molecule is CC(C)(NS(=O)(=O)c1cc(Br)sc1Br)C(C)(C)C(=O)O. The quantitative estimate of drug-likeness (QED) is 0.722. The number of rotatable bonds is 5. The van der Waals surface area contributed by atoms with Gasteiger partial charge in [-0.05, 0) is 65.6 Å². The Morgan fingerprint density at radius 3 is 2.15 bits per heavy atom. The lowest BCUT2D eigenvalue weighted by molar-refractivity contribution is -0.150. The predicted molar refractivity (Wildman–Crippen MR) is 85.5 cm³/mol. The van der Waals surface area contributed by atoms with Crippen LogP contribution in [0.1, 0.15) is 27.7 Å². The molecule has 114 valence electrons.